The van der Waals surface area contributed by atoms with E-state index in [-0.39, 0.29) is 22.8 Å². The van der Waals surface area contributed by atoms with E-state index >= 15 is 0 Å². The molecule has 1 atom stereocenters. The molecule has 0 amide bonds. The van der Waals surface area contributed by atoms with Crippen LogP contribution in [0.25, 0.3) is 11.0 Å². The summed E-state index contributed by atoms with van der Waals surface area (Å²) in [7, 11) is 0. The molecule has 0 saturated carbocycles. The molecule has 4 heteroatoms. The first-order valence-electron chi connectivity index (χ1n) is 5.71. The van der Waals surface area contributed by atoms with Crippen molar-refractivity contribution in [2.75, 3.05) is 6.54 Å². The van der Waals surface area contributed by atoms with Crippen LogP contribution in [-0.2, 0) is 6.42 Å². The van der Waals surface area contributed by atoms with E-state index in [1.807, 2.05) is 13.8 Å². The van der Waals surface area contributed by atoms with Crippen molar-refractivity contribution in [3.05, 3.63) is 35.6 Å². The molecule has 92 valence electrons. The molecule has 0 radical (unpaired) electrons. The fraction of sp³-hybridized carbons (Fsp3) is 0.385. The van der Waals surface area contributed by atoms with Crippen LogP contribution < -0.4 is 5.32 Å². The molecule has 0 spiro atoms. The van der Waals surface area contributed by atoms with Crippen molar-refractivity contribution >= 4 is 11.0 Å². The van der Waals surface area contributed by atoms with Gasteiger partial charge in [0, 0.05) is 6.04 Å². The quantitative estimate of drug-likeness (QED) is 0.886. The van der Waals surface area contributed by atoms with E-state index in [1.165, 1.54) is 18.4 Å². The van der Waals surface area contributed by atoms with Gasteiger partial charge in [-0.3, -0.25) is 0 Å². The largest absolute Gasteiger partial charge is 0.461 e. The molecular formula is C13H15F2NO. The Hall–Kier alpha value is -1.42. The van der Waals surface area contributed by atoms with Crippen LogP contribution in [0.15, 0.2) is 22.8 Å². The molecule has 1 N–H and O–H groups in total. The Bertz CT molecular complexity index is 521. The zero-order chi connectivity index (χ0) is 12.4. The molecule has 0 bridgehead atoms. The molecule has 0 saturated heterocycles. The summed E-state index contributed by atoms with van der Waals surface area (Å²) in [4.78, 5) is 0. The Morgan fingerprint density at radius 3 is 2.88 bits per heavy atom. The zero-order valence-corrected chi connectivity index (χ0v) is 9.89. The molecule has 0 aliphatic heterocycles. The van der Waals surface area contributed by atoms with Gasteiger partial charge in [0.15, 0.2) is 11.4 Å². The number of likely N-dealkylation sites (N-methyl/N-ethyl adjacent to an activating group) is 1. The van der Waals surface area contributed by atoms with Crippen LogP contribution in [0.5, 0.6) is 0 Å². The SMILES string of the molecule is CCNC(C)Cc1cc(F)c2occc2c1F. The molecule has 0 aliphatic rings. The summed E-state index contributed by atoms with van der Waals surface area (Å²) in [6, 6.07) is 2.78. The first-order valence-corrected chi connectivity index (χ1v) is 5.71. The minimum absolute atomic E-state index is 0.0117. The summed E-state index contributed by atoms with van der Waals surface area (Å²) in [6.07, 6.45) is 1.76. The maximum Gasteiger partial charge on any atom is 0.172 e. The highest BCUT2D eigenvalue weighted by molar-refractivity contribution is 5.79. The number of hydrogen-bond donors (Lipinski definition) is 1. The van der Waals surface area contributed by atoms with E-state index in [0.29, 0.717) is 12.0 Å². The fourth-order valence-electron chi connectivity index (χ4n) is 2.02. The van der Waals surface area contributed by atoms with E-state index < -0.39 is 5.82 Å². The molecule has 2 rings (SSSR count). The molecular weight excluding hydrogens is 224 g/mol. The van der Waals surface area contributed by atoms with Crippen LogP contribution in [0.4, 0.5) is 8.78 Å². The smallest absolute Gasteiger partial charge is 0.172 e. The minimum Gasteiger partial charge on any atom is -0.461 e. The maximum atomic E-state index is 14.0. The van der Waals surface area contributed by atoms with Crippen molar-refractivity contribution in [2.45, 2.75) is 26.3 Å². The topological polar surface area (TPSA) is 25.2 Å². The second kappa shape index (κ2) is 4.84. The van der Waals surface area contributed by atoms with Gasteiger partial charge in [0.05, 0.1) is 11.6 Å². The van der Waals surface area contributed by atoms with Crippen molar-refractivity contribution < 1.29 is 13.2 Å². The Balaban J connectivity index is 2.37. The highest BCUT2D eigenvalue weighted by atomic mass is 19.1. The molecule has 2 nitrogen and oxygen atoms in total. The Morgan fingerprint density at radius 2 is 2.18 bits per heavy atom. The van der Waals surface area contributed by atoms with E-state index in [1.54, 1.807) is 0 Å². The molecule has 2 aromatic rings. The van der Waals surface area contributed by atoms with Crippen LogP contribution in [-0.4, -0.2) is 12.6 Å². The van der Waals surface area contributed by atoms with Crippen molar-refractivity contribution in [1.29, 1.82) is 0 Å². The van der Waals surface area contributed by atoms with Gasteiger partial charge >= 0.3 is 0 Å². The third-order valence-corrected chi connectivity index (χ3v) is 2.78. The van der Waals surface area contributed by atoms with Crippen LogP contribution >= 0.6 is 0 Å². The molecule has 0 aliphatic carbocycles. The standard InChI is InChI=1S/C13H15F2NO/c1-3-16-8(2)6-9-7-11(14)13-10(12(9)15)4-5-17-13/h4-5,7-8,16H,3,6H2,1-2H3. The summed E-state index contributed by atoms with van der Waals surface area (Å²) in [5.74, 6) is -0.898. The summed E-state index contributed by atoms with van der Waals surface area (Å²) in [6.45, 7) is 4.73. The second-order valence-electron chi connectivity index (χ2n) is 4.16. The first-order chi connectivity index (χ1) is 8.13. The van der Waals surface area contributed by atoms with Crippen molar-refractivity contribution in [3.8, 4) is 0 Å². The minimum atomic E-state index is -0.509. The van der Waals surface area contributed by atoms with Gasteiger partial charge in [-0.15, -0.1) is 0 Å². The molecule has 0 fully saturated rings. The number of fused-ring (bicyclic) bond motifs is 1. The molecule has 1 aromatic heterocycles. The van der Waals surface area contributed by atoms with Crippen LogP contribution in [0.1, 0.15) is 19.4 Å². The zero-order valence-electron chi connectivity index (χ0n) is 9.89. The average Bonchev–Trinajstić information content (AvgIpc) is 2.75. The van der Waals surface area contributed by atoms with Gasteiger partial charge in [0.25, 0.3) is 0 Å². The lowest BCUT2D eigenvalue weighted by Crippen LogP contribution is -2.28. The highest BCUT2D eigenvalue weighted by Crippen LogP contribution is 2.25. The Labute approximate surface area is 98.6 Å². The lowest BCUT2D eigenvalue weighted by Gasteiger charge is -2.13. The first kappa shape index (κ1) is 12.0. The Morgan fingerprint density at radius 1 is 1.41 bits per heavy atom. The van der Waals surface area contributed by atoms with Crippen LogP contribution in [0, 0.1) is 11.6 Å². The van der Waals surface area contributed by atoms with Gasteiger partial charge in [-0.2, -0.15) is 0 Å². The van der Waals surface area contributed by atoms with Crippen molar-refractivity contribution in [2.24, 2.45) is 0 Å². The monoisotopic (exact) mass is 239 g/mol. The highest BCUT2D eigenvalue weighted by Gasteiger charge is 2.16. The normalized spacial score (nSPS) is 13.2. The predicted molar refractivity (Wildman–Crippen MR) is 63.0 cm³/mol. The van der Waals surface area contributed by atoms with Gasteiger partial charge < -0.3 is 9.73 Å². The van der Waals surface area contributed by atoms with E-state index in [4.69, 9.17) is 4.42 Å². The van der Waals surface area contributed by atoms with Gasteiger partial charge in [0.2, 0.25) is 0 Å². The van der Waals surface area contributed by atoms with E-state index in [0.717, 1.165) is 6.54 Å². The van der Waals surface area contributed by atoms with E-state index in [2.05, 4.69) is 5.32 Å². The summed E-state index contributed by atoms with van der Waals surface area (Å²) < 4.78 is 32.6. The van der Waals surface area contributed by atoms with Gasteiger partial charge in [-0.25, -0.2) is 8.78 Å². The molecule has 1 heterocycles. The van der Waals surface area contributed by atoms with Crippen LogP contribution in [0.3, 0.4) is 0 Å². The third kappa shape index (κ3) is 2.31. The summed E-state index contributed by atoms with van der Waals surface area (Å²) >= 11 is 0. The van der Waals surface area contributed by atoms with E-state index in [9.17, 15) is 8.78 Å². The fourth-order valence-corrected chi connectivity index (χ4v) is 2.02. The van der Waals surface area contributed by atoms with Crippen molar-refractivity contribution in [1.82, 2.24) is 5.32 Å². The van der Waals surface area contributed by atoms with Gasteiger partial charge in [-0.1, -0.05) is 6.92 Å². The molecule has 1 aromatic carbocycles. The van der Waals surface area contributed by atoms with Gasteiger partial charge in [-0.05, 0) is 37.6 Å². The average molecular weight is 239 g/mol. The number of nitrogens with one attached hydrogen (secondary N) is 1. The van der Waals surface area contributed by atoms with Gasteiger partial charge in [0.1, 0.15) is 5.82 Å². The van der Waals surface area contributed by atoms with Crippen LogP contribution in [0.2, 0.25) is 0 Å². The number of halogens is 2. The third-order valence-electron chi connectivity index (χ3n) is 2.78. The maximum absolute atomic E-state index is 14.0. The Kier molecular flexibility index (Phi) is 3.43. The second-order valence-corrected chi connectivity index (χ2v) is 4.16. The molecule has 1 unspecified atom stereocenters. The lowest BCUT2D eigenvalue weighted by atomic mass is 10.0. The van der Waals surface area contributed by atoms with Crippen molar-refractivity contribution in [3.63, 3.8) is 0 Å². The molecule has 17 heavy (non-hydrogen) atoms. The number of rotatable bonds is 4. The summed E-state index contributed by atoms with van der Waals surface area (Å²) in [5, 5.41) is 3.38. The number of furan rings is 1. The predicted octanol–water partition coefficient (Wildman–Crippen LogP) is 3.25. The summed E-state index contributed by atoms with van der Waals surface area (Å²) in [5.41, 5.74) is 0.368. The lowest BCUT2D eigenvalue weighted by molar-refractivity contribution is 0.529. The number of hydrogen-bond acceptors (Lipinski definition) is 2. The number of benzene rings is 1.